The number of hydrogen-bond acceptors (Lipinski definition) is 0. The summed E-state index contributed by atoms with van der Waals surface area (Å²) in [6.07, 6.45) is 0. The van der Waals surface area contributed by atoms with E-state index in [1.807, 2.05) is 24.3 Å². The predicted octanol–water partition coefficient (Wildman–Crippen LogP) is 4.23. The minimum absolute atomic E-state index is 0.555. The largest absolute Gasteiger partial charge is 0.0913 e. The maximum Gasteiger partial charge on any atom is 0.0591 e. The van der Waals surface area contributed by atoms with E-state index in [4.69, 9.17) is 23.2 Å². The molecule has 0 radical (unpaired) electrons. The molecule has 0 saturated carbocycles. The number of hydrogen-bond donors (Lipinski definition) is 0. The summed E-state index contributed by atoms with van der Waals surface area (Å²) in [6, 6.07) is 7.62. The molecule has 0 atom stereocenters. The van der Waals surface area contributed by atoms with Gasteiger partial charge in [0.2, 0.25) is 0 Å². The number of rotatable bonds is 1. The summed E-state index contributed by atoms with van der Waals surface area (Å²) in [7, 11) is 0. The van der Waals surface area contributed by atoms with Crippen molar-refractivity contribution < 1.29 is 0 Å². The molecule has 0 spiro atoms. The Kier molecular flexibility index (Phi) is 3.44. The van der Waals surface area contributed by atoms with Gasteiger partial charge in [-0.05, 0) is 17.7 Å². The summed E-state index contributed by atoms with van der Waals surface area (Å²) < 4.78 is 1.03. The van der Waals surface area contributed by atoms with Gasteiger partial charge in [-0.25, -0.2) is 0 Å². The second-order valence-electron chi connectivity index (χ2n) is 1.96. The van der Waals surface area contributed by atoms with Crippen LogP contribution in [0, 0.1) is 0 Å². The van der Waals surface area contributed by atoms with E-state index in [0.29, 0.717) is 5.03 Å². The average Bonchev–Trinajstić information content (AvgIpc) is 2.05. The van der Waals surface area contributed by atoms with Crippen molar-refractivity contribution in [1.82, 2.24) is 0 Å². The average molecular weight is 252 g/mol. The molecule has 0 aromatic heterocycles. The Bertz CT molecular complexity index is 264. The van der Waals surface area contributed by atoms with Gasteiger partial charge in [0.25, 0.3) is 0 Å². The fourth-order valence-electron chi connectivity index (χ4n) is 0.672. The molecule has 1 aromatic rings. The van der Waals surface area contributed by atoms with E-state index >= 15 is 0 Å². The van der Waals surface area contributed by atoms with Crippen molar-refractivity contribution in [2.24, 2.45) is 0 Å². The summed E-state index contributed by atoms with van der Waals surface area (Å²) in [6.45, 7) is 0. The van der Waals surface area contributed by atoms with Gasteiger partial charge in [0.15, 0.2) is 0 Å². The Morgan fingerprint density at radius 1 is 1.27 bits per heavy atom. The van der Waals surface area contributed by atoms with Crippen LogP contribution in [-0.2, 0) is 0 Å². The maximum atomic E-state index is 5.76. The third-order valence-corrected chi connectivity index (χ3v) is 2.40. The molecule has 0 unspecified atom stereocenters. The van der Waals surface area contributed by atoms with E-state index in [0.717, 1.165) is 10.0 Å². The molecule has 0 aliphatic heterocycles. The van der Waals surface area contributed by atoms with E-state index in [-0.39, 0.29) is 0 Å². The molecular formula is C8H5BrCl2. The zero-order chi connectivity index (χ0) is 8.27. The highest BCUT2D eigenvalue weighted by atomic mass is 79.9. The van der Waals surface area contributed by atoms with Crippen LogP contribution in [-0.4, -0.2) is 0 Å². The lowest BCUT2D eigenvalue weighted by Gasteiger charge is -1.96. The van der Waals surface area contributed by atoms with Crippen LogP contribution in [0.2, 0.25) is 0 Å². The first-order chi connectivity index (χ1) is 5.24. The normalized spacial score (nSPS) is 11.7. The third kappa shape index (κ3) is 2.51. The van der Waals surface area contributed by atoms with Gasteiger partial charge in [0.05, 0.1) is 5.03 Å². The molecule has 58 valence electrons. The molecule has 0 saturated heterocycles. The highest BCUT2D eigenvalue weighted by molar-refractivity contribution is 9.10. The molecule has 0 amide bonds. The summed E-state index contributed by atoms with van der Waals surface area (Å²) in [5.41, 5.74) is 2.27. The molecule has 0 nitrogen and oxygen atoms in total. The quantitative estimate of drug-likeness (QED) is 0.701. The van der Waals surface area contributed by atoms with Gasteiger partial charge in [0, 0.05) is 10.0 Å². The topological polar surface area (TPSA) is 0 Å². The number of halogens is 3. The van der Waals surface area contributed by atoms with Crippen molar-refractivity contribution >= 4 is 44.2 Å². The van der Waals surface area contributed by atoms with Gasteiger partial charge in [-0.15, -0.1) is 0 Å². The molecule has 0 aliphatic carbocycles. The van der Waals surface area contributed by atoms with Gasteiger partial charge in [-0.2, -0.15) is 0 Å². The van der Waals surface area contributed by atoms with Crippen molar-refractivity contribution in [3.8, 4) is 0 Å². The van der Waals surface area contributed by atoms with Gasteiger partial charge >= 0.3 is 0 Å². The Balaban J connectivity index is 2.99. The lowest BCUT2D eigenvalue weighted by Crippen LogP contribution is -1.73. The maximum absolute atomic E-state index is 5.76. The zero-order valence-corrected chi connectivity index (χ0v) is 8.62. The fraction of sp³-hybridized carbons (Fsp3) is 0. The van der Waals surface area contributed by atoms with E-state index in [9.17, 15) is 0 Å². The minimum Gasteiger partial charge on any atom is -0.0913 e. The molecular weight excluding hydrogens is 247 g/mol. The van der Waals surface area contributed by atoms with Crippen LogP contribution in [0.5, 0.6) is 0 Å². The van der Waals surface area contributed by atoms with E-state index in [1.165, 1.54) is 5.54 Å². The van der Waals surface area contributed by atoms with Crippen molar-refractivity contribution in [2.75, 3.05) is 0 Å². The van der Waals surface area contributed by atoms with Gasteiger partial charge < -0.3 is 0 Å². The standard InChI is InChI=1S/C8H5BrCl2/c9-7-3-1-6(2-4-7)8(11)5-10/h1-5H/b8-5-. The van der Waals surface area contributed by atoms with Crippen molar-refractivity contribution in [1.29, 1.82) is 0 Å². The lowest BCUT2D eigenvalue weighted by atomic mass is 10.2. The smallest absolute Gasteiger partial charge is 0.0591 e. The summed E-state index contributed by atoms with van der Waals surface area (Å²) in [5.74, 6) is 0. The van der Waals surface area contributed by atoms with Crippen molar-refractivity contribution in [2.45, 2.75) is 0 Å². The Hall–Kier alpha value is 0.0200. The molecule has 0 N–H and O–H groups in total. The van der Waals surface area contributed by atoms with Crippen LogP contribution in [0.3, 0.4) is 0 Å². The first-order valence-corrected chi connectivity index (χ1v) is 4.56. The molecule has 11 heavy (non-hydrogen) atoms. The Labute approximate surface area is 83.9 Å². The molecule has 1 aromatic carbocycles. The summed E-state index contributed by atoms with van der Waals surface area (Å²) in [4.78, 5) is 0. The summed E-state index contributed by atoms with van der Waals surface area (Å²) >= 11 is 14.5. The van der Waals surface area contributed by atoms with Crippen LogP contribution >= 0.6 is 39.1 Å². The van der Waals surface area contributed by atoms with Crippen LogP contribution in [0.4, 0.5) is 0 Å². The first kappa shape index (κ1) is 9.11. The van der Waals surface area contributed by atoms with Gasteiger partial charge in [-0.3, -0.25) is 0 Å². The predicted molar refractivity (Wildman–Crippen MR) is 53.8 cm³/mol. The van der Waals surface area contributed by atoms with Crippen LogP contribution in [0.25, 0.3) is 5.03 Å². The molecule has 1 rings (SSSR count). The first-order valence-electron chi connectivity index (χ1n) is 2.96. The van der Waals surface area contributed by atoms with Crippen molar-refractivity contribution in [3.05, 3.63) is 39.8 Å². The van der Waals surface area contributed by atoms with E-state index in [1.54, 1.807) is 0 Å². The van der Waals surface area contributed by atoms with Crippen LogP contribution in [0.15, 0.2) is 34.3 Å². The van der Waals surface area contributed by atoms with Gasteiger partial charge in [-0.1, -0.05) is 51.3 Å². The highest BCUT2D eigenvalue weighted by Gasteiger charge is 1.95. The Morgan fingerprint density at radius 3 is 2.27 bits per heavy atom. The molecule has 3 heteroatoms. The van der Waals surface area contributed by atoms with Crippen LogP contribution in [0.1, 0.15) is 5.56 Å². The summed E-state index contributed by atoms with van der Waals surface area (Å²) in [5, 5.41) is 0.555. The highest BCUT2D eigenvalue weighted by Crippen LogP contribution is 2.21. The second-order valence-corrected chi connectivity index (χ2v) is 3.51. The fourth-order valence-corrected chi connectivity index (χ4v) is 1.19. The molecule has 0 bridgehead atoms. The lowest BCUT2D eigenvalue weighted by molar-refractivity contribution is 1.61. The zero-order valence-electron chi connectivity index (χ0n) is 5.52. The van der Waals surface area contributed by atoms with E-state index < -0.39 is 0 Å². The van der Waals surface area contributed by atoms with Gasteiger partial charge in [0.1, 0.15) is 0 Å². The number of benzene rings is 1. The van der Waals surface area contributed by atoms with Crippen LogP contribution < -0.4 is 0 Å². The SMILES string of the molecule is Cl/C=C(\Cl)c1ccc(Br)cc1. The molecule has 0 heterocycles. The second kappa shape index (κ2) is 4.15. The monoisotopic (exact) mass is 250 g/mol. The van der Waals surface area contributed by atoms with E-state index in [2.05, 4.69) is 15.9 Å². The molecule has 0 aliphatic rings. The minimum atomic E-state index is 0.555. The van der Waals surface area contributed by atoms with Crippen molar-refractivity contribution in [3.63, 3.8) is 0 Å². The Morgan fingerprint density at radius 2 is 1.82 bits per heavy atom. The third-order valence-electron chi connectivity index (χ3n) is 1.22. The molecule has 0 fully saturated rings.